The predicted molar refractivity (Wildman–Crippen MR) is 252 cm³/mol. The third-order valence-corrected chi connectivity index (χ3v) is 12.0. The number of hydrogen-bond donors (Lipinski definition) is 0. The average Bonchev–Trinajstić information content (AvgIpc) is 3.59. The first-order chi connectivity index (χ1) is 28.6. The number of fused-ring (bicyclic) bond motifs is 4. The van der Waals surface area contributed by atoms with E-state index in [0.29, 0.717) is 11.8 Å². The Morgan fingerprint density at radius 3 is 1.39 bits per heavy atom. The fourth-order valence-corrected chi connectivity index (χ4v) is 9.65. The molecule has 0 saturated carbocycles. The highest BCUT2D eigenvalue weighted by Gasteiger charge is 2.31. The highest BCUT2D eigenvalue weighted by Crippen LogP contribution is 2.51. The molecule has 0 saturated heterocycles. The van der Waals surface area contributed by atoms with Gasteiger partial charge in [0.2, 0.25) is 0 Å². The third kappa shape index (κ3) is 6.63. The van der Waals surface area contributed by atoms with Gasteiger partial charge in [-0.15, -0.1) is 0 Å². The van der Waals surface area contributed by atoms with Crippen LogP contribution in [0.25, 0.3) is 83.3 Å². The van der Waals surface area contributed by atoms with Gasteiger partial charge < -0.3 is 4.57 Å². The Balaban J connectivity index is 1.35. The van der Waals surface area contributed by atoms with E-state index < -0.39 is 0 Å². The summed E-state index contributed by atoms with van der Waals surface area (Å²) in [5, 5.41) is 3.63. The zero-order chi connectivity index (χ0) is 40.9. The Labute approximate surface area is 349 Å². The van der Waals surface area contributed by atoms with Crippen LogP contribution < -0.4 is 0 Å². The second kappa shape index (κ2) is 15.5. The van der Waals surface area contributed by atoms with Crippen LogP contribution in [0.1, 0.15) is 101 Å². The van der Waals surface area contributed by atoms with Gasteiger partial charge in [0.25, 0.3) is 0 Å². The molecule has 0 unspecified atom stereocenters. The van der Waals surface area contributed by atoms with E-state index in [1.165, 1.54) is 72.0 Å². The number of nitrogens with zero attached hydrogens (tertiary/aromatic N) is 3. The molecule has 0 aliphatic carbocycles. The van der Waals surface area contributed by atoms with Crippen LogP contribution >= 0.6 is 0 Å². The number of rotatable bonds is 9. The van der Waals surface area contributed by atoms with Crippen LogP contribution in [0.5, 0.6) is 0 Å². The highest BCUT2D eigenvalue weighted by molar-refractivity contribution is 6.11. The van der Waals surface area contributed by atoms with Gasteiger partial charge >= 0.3 is 0 Å². The lowest BCUT2D eigenvalue weighted by atomic mass is 9.71. The van der Waals surface area contributed by atoms with Crippen molar-refractivity contribution in [1.82, 2.24) is 14.5 Å². The highest BCUT2D eigenvalue weighted by atomic mass is 15.0. The summed E-state index contributed by atoms with van der Waals surface area (Å²) in [5.74, 6) is 1.89. The molecule has 0 atom stereocenters. The van der Waals surface area contributed by atoms with Crippen LogP contribution in [0.3, 0.4) is 0 Å². The van der Waals surface area contributed by atoms with Crippen molar-refractivity contribution >= 4 is 32.7 Å². The second-order valence-corrected chi connectivity index (χ2v) is 17.3. The standard InChI is InChI=1S/C56H53N3/c1-34(2)49-51(36(5)6)54(41-29-31-48-44(32-41)43-26-18-19-27-47(43)59(48)42-24-16-11-17-25-42)52(37(7)8)50(35(3)4)53(49)40-28-30-46-45(33-40)55(38-20-12-9-13-21-38)58-56(57-46)39-22-14-10-15-23-39/h9-37H,1-8H3. The molecule has 2 aromatic heterocycles. The summed E-state index contributed by atoms with van der Waals surface area (Å²) in [5.41, 5.74) is 18.7. The largest absolute Gasteiger partial charge is 0.309 e. The fraction of sp³-hybridized carbons (Fsp3) is 0.214. The molecule has 0 bridgehead atoms. The Kier molecular flexibility index (Phi) is 10.0. The van der Waals surface area contributed by atoms with E-state index in [1.54, 1.807) is 0 Å². The zero-order valence-corrected chi connectivity index (χ0v) is 35.6. The van der Waals surface area contributed by atoms with Crippen LogP contribution in [0.2, 0.25) is 0 Å². The van der Waals surface area contributed by atoms with E-state index in [0.717, 1.165) is 33.5 Å². The molecule has 0 aliphatic heterocycles. The minimum absolute atomic E-state index is 0.282. The molecule has 0 spiro atoms. The number of aromatic nitrogens is 3. The first kappa shape index (κ1) is 38.2. The van der Waals surface area contributed by atoms with Gasteiger partial charge in [-0.3, -0.25) is 0 Å². The first-order valence-corrected chi connectivity index (χ1v) is 21.4. The molecule has 7 aromatic carbocycles. The summed E-state index contributed by atoms with van der Waals surface area (Å²) in [4.78, 5) is 10.5. The molecule has 9 aromatic rings. The van der Waals surface area contributed by atoms with E-state index in [9.17, 15) is 0 Å². The van der Waals surface area contributed by atoms with Gasteiger partial charge in [-0.05, 0) is 111 Å². The van der Waals surface area contributed by atoms with Crippen LogP contribution in [0.4, 0.5) is 0 Å². The molecule has 2 heterocycles. The Morgan fingerprint density at radius 2 is 0.831 bits per heavy atom. The van der Waals surface area contributed by atoms with Crippen molar-refractivity contribution in [2.24, 2.45) is 0 Å². The fourth-order valence-electron chi connectivity index (χ4n) is 9.65. The van der Waals surface area contributed by atoms with Crippen LogP contribution in [0.15, 0.2) is 152 Å². The van der Waals surface area contributed by atoms with Crippen molar-refractivity contribution in [1.29, 1.82) is 0 Å². The monoisotopic (exact) mass is 767 g/mol. The molecule has 0 amide bonds. The van der Waals surface area contributed by atoms with Gasteiger partial charge in [0.05, 0.1) is 22.2 Å². The SMILES string of the molecule is CC(C)c1c(-c2ccc3nc(-c4ccccc4)nc(-c4ccccc4)c3c2)c(C(C)C)c(C(C)C)c(-c2ccc3c(c2)c2ccccc2n3-c2ccccc2)c1C(C)C. The lowest BCUT2D eigenvalue weighted by molar-refractivity contribution is 0.754. The van der Waals surface area contributed by atoms with E-state index in [2.05, 4.69) is 206 Å². The summed E-state index contributed by atoms with van der Waals surface area (Å²) < 4.78 is 2.42. The maximum Gasteiger partial charge on any atom is 0.160 e. The summed E-state index contributed by atoms with van der Waals surface area (Å²) in [7, 11) is 0. The van der Waals surface area contributed by atoms with Crippen LogP contribution in [0, 0.1) is 0 Å². The topological polar surface area (TPSA) is 30.7 Å². The van der Waals surface area contributed by atoms with E-state index in [-0.39, 0.29) is 11.8 Å². The van der Waals surface area contributed by atoms with Crippen molar-refractivity contribution in [3.05, 3.63) is 174 Å². The number of hydrogen-bond acceptors (Lipinski definition) is 2. The number of para-hydroxylation sites is 2. The van der Waals surface area contributed by atoms with Crippen LogP contribution in [-0.2, 0) is 0 Å². The molecule has 3 heteroatoms. The quantitative estimate of drug-likeness (QED) is 0.146. The zero-order valence-electron chi connectivity index (χ0n) is 35.6. The van der Waals surface area contributed by atoms with Gasteiger partial charge in [0.15, 0.2) is 5.82 Å². The van der Waals surface area contributed by atoms with Gasteiger partial charge in [-0.1, -0.05) is 165 Å². The van der Waals surface area contributed by atoms with E-state index in [4.69, 9.17) is 9.97 Å². The Bertz CT molecular complexity index is 2930. The minimum atomic E-state index is 0.282. The average molecular weight is 768 g/mol. The minimum Gasteiger partial charge on any atom is -0.309 e. The van der Waals surface area contributed by atoms with Crippen molar-refractivity contribution in [3.63, 3.8) is 0 Å². The van der Waals surface area contributed by atoms with Crippen molar-refractivity contribution < 1.29 is 0 Å². The molecule has 3 nitrogen and oxygen atoms in total. The first-order valence-electron chi connectivity index (χ1n) is 21.4. The molecule has 59 heavy (non-hydrogen) atoms. The molecule has 0 aliphatic rings. The Hall–Kier alpha value is -6.32. The van der Waals surface area contributed by atoms with E-state index in [1.807, 2.05) is 6.07 Å². The maximum atomic E-state index is 5.29. The normalized spacial score (nSPS) is 12.0. The lowest BCUT2D eigenvalue weighted by Gasteiger charge is -2.33. The van der Waals surface area contributed by atoms with Gasteiger partial charge in [0, 0.05) is 33.0 Å². The second-order valence-electron chi connectivity index (χ2n) is 17.3. The van der Waals surface area contributed by atoms with Crippen molar-refractivity contribution in [2.75, 3.05) is 0 Å². The predicted octanol–water partition coefficient (Wildman–Crippen LogP) is 15.9. The summed E-state index contributed by atoms with van der Waals surface area (Å²) >= 11 is 0. The molecule has 0 fully saturated rings. The molecule has 0 N–H and O–H groups in total. The van der Waals surface area contributed by atoms with Crippen molar-refractivity contribution in [3.8, 4) is 50.6 Å². The lowest BCUT2D eigenvalue weighted by Crippen LogP contribution is -2.14. The van der Waals surface area contributed by atoms with E-state index >= 15 is 0 Å². The van der Waals surface area contributed by atoms with Gasteiger partial charge in [-0.25, -0.2) is 9.97 Å². The molecule has 0 radical (unpaired) electrons. The summed E-state index contributed by atoms with van der Waals surface area (Å²) in [6, 6.07) is 54.8. The van der Waals surface area contributed by atoms with Crippen LogP contribution in [-0.4, -0.2) is 14.5 Å². The van der Waals surface area contributed by atoms with Gasteiger partial charge in [0.1, 0.15) is 0 Å². The molecule has 292 valence electrons. The summed E-state index contributed by atoms with van der Waals surface area (Å²) in [6.45, 7) is 19.1. The maximum absolute atomic E-state index is 5.29. The number of benzene rings is 7. The smallest absolute Gasteiger partial charge is 0.160 e. The molecular formula is C56H53N3. The molecular weight excluding hydrogens is 715 g/mol. The molecule has 9 rings (SSSR count). The summed E-state index contributed by atoms with van der Waals surface area (Å²) in [6.07, 6.45) is 0. The third-order valence-electron chi connectivity index (χ3n) is 12.0. The Morgan fingerprint density at radius 1 is 0.373 bits per heavy atom. The van der Waals surface area contributed by atoms with Gasteiger partial charge in [-0.2, -0.15) is 0 Å². The van der Waals surface area contributed by atoms with Crippen molar-refractivity contribution in [2.45, 2.75) is 79.1 Å².